The van der Waals surface area contributed by atoms with Crippen LogP contribution < -0.4 is 4.74 Å². The molecule has 7 heteroatoms. The quantitative estimate of drug-likeness (QED) is 0.458. The van der Waals surface area contributed by atoms with E-state index in [-0.39, 0.29) is 5.75 Å². The molecule has 0 unspecified atom stereocenters. The Labute approximate surface area is 109 Å². The minimum Gasteiger partial charge on any atom is -0.496 e. The second kappa shape index (κ2) is 5.07. The number of benzene rings is 2. The van der Waals surface area contributed by atoms with Gasteiger partial charge in [0.1, 0.15) is 11.6 Å². The van der Waals surface area contributed by atoms with E-state index in [1.165, 1.54) is 6.07 Å². The van der Waals surface area contributed by atoms with Gasteiger partial charge in [0, 0.05) is 0 Å². The Kier molecular flexibility index (Phi) is 3.61. The molecule has 0 N–H and O–H groups in total. The molecule has 2 aromatic carbocycles. The predicted octanol–water partition coefficient (Wildman–Crippen LogP) is 4.20. The highest BCUT2D eigenvalue weighted by molar-refractivity contribution is 5.72. The second-order valence-electron chi connectivity index (χ2n) is 3.76. The molecule has 0 spiro atoms. The smallest absolute Gasteiger partial charge is 0.200 e. The van der Waals surface area contributed by atoms with Crippen molar-refractivity contribution in [1.82, 2.24) is 0 Å². The monoisotopic (exact) mass is 292 g/mol. The van der Waals surface area contributed by atoms with Crippen LogP contribution in [0.3, 0.4) is 0 Å². The molecule has 0 heterocycles. The van der Waals surface area contributed by atoms with Crippen molar-refractivity contribution in [3.8, 4) is 16.9 Å². The van der Waals surface area contributed by atoms with Crippen LogP contribution in [0.5, 0.6) is 5.75 Å². The van der Waals surface area contributed by atoms with Gasteiger partial charge in [-0.1, -0.05) is 6.07 Å². The lowest BCUT2D eigenvalue weighted by molar-refractivity contribution is 0.378. The Morgan fingerprint density at radius 3 is 1.70 bits per heavy atom. The van der Waals surface area contributed by atoms with Crippen LogP contribution in [-0.4, -0.2) is 7.11 Å². The first kappa shape index (κ1) is 14.2. The van der Waals surface area contributed by atoms with Gasteiger partial charge in [0.2, 0.25) is 5.82 Å². The van der Waals surface area contributed by atoms with Crippen molar-refractivity contribution in [1.29, 1.82) is 0 Å². The van der Waals surface area contributed by atoms with Gasteiger partial charge in [0.15, 0.2) is 23.3 Å². The highest BCUT2D eigenvalue weighted by atomic mass is 19.2. The summed E-state index contributed by atoms with van der Waals surface area (Å²) in [5.41, 5.74) is -2.20. The van der Waals surface area contributed by atoms with Gasteiger partial charge in [0.25, 0.3) is 0 Å². The molecule has 0 atom stereocenters. The number of ether oxygens (including phenoxy) is 1. The maximum absolute atomic E-state index is 13.7. The Balaban J connectivity index is 2.91. The van der Waals surface area contributed by atoms with E-state index in [0.29, 0.717) is 0 Å². The summed E-state index contributed by atoms with van der Waals surface area (Å²) in [5, 5.41) is 0. The van der Waals surface area contributed by atoms with Gasteiger partial charge < -0.3 is 4.74 Å². The summed E-state index contributed by atoms with van der Waals surface area (Å²) in [6, 6.07) is 3.12. The minimum atomic E-state index is -2.31. The summed E-state index contributed by atoms with van der Waals surface area (Å²) in [7, 11) is 1.07. The molecule has 0 saturated carbocycles. The van der Waals surface area contributed by atoms with Gasteiger partial charge >= 0.3 is 0 Å². The van der Waals surface area contributed by atoms with Crippen molar-refractivity contribution in [3.05, 3.63) is 53.1 Å². The topological polar surface area (TPSA) is 9.23 Å². The standard InChI is InChI=1S/C13H6F6O/c1-20-6-4-2-3-5(14)7(6)8-9(15)11(17)13(19)12(18)10(8)16/h2-4H,1H3. The van der Waals surface area contributed by atoms with Crippen LogP contribution in [0.15, 0.2) is 18.2 Å². The second-order valence-corrected chi connectivity index (χ2v) is 3.76. The number of hydrogen-bond donors (Lipinski definition) is 0. The molecule has 0 aromatic heterocycles. The first-order valence-electron chi connectivity index (χ1n) is 5.24. The van der Waals surface area contributed by atoms with Crippen LogP contribution in [-0.2, 0) is 0 Å². The molecule has 0 bridgehead atoms. The lowest BCUT2D eigenvalue weighted by atomic mass is 10.0. The summed E-state index contributed by atoms with van der Waals surface area (Å²) in [6.45, 7) is 0. The third kappa shape index (κ3) is 1.99. The van der Waals surface area contributed by atoms with E-state index in [0.717, 1.165) is 19.2 Å². The van der Waals surface area contributed by atoms with Crippen LogP contribution in [0.25, 0.3) is 11.1 Å². The molecule has 2 rings (SSSR count). The Morgan fingerprint density at radius 1 is 0.700 bits per heavy atom. The van der Waals surface area contributed by atoms with Gasteiger partial charge in [-0.25, -0.2) is 26.3 Å². The zero-order chi connectivity index (χ0) is 15.0. The van der Waals surface area contributed by atoms with Gasteiger partial charge in [0.05, 0.1) is 18.2 Å². The molecule has 0 aliphatic rings. The fraction of sp³-hybridized carbons (Fsp3) is 0.0769. The van der Waals surface area contributed by atoms with Gasteiger partial charge in [-0.05, 0) is 12.1 Å². The highest BCUT2D eigenvalue weighted by Gasteiger charge is 2.29. The number of methoxy groups -OCH3 is 1. The van der Waals surface area contributed by atoms with Crippen LogP contribution in [0.4, 0.5) is 26.3 Å². The molecule has 0 amide bonds. The Hall–Kier alpha value is -2.18. The maximum atomic E-state index is 13.7. The molecule has 0 fully saturated rings. The highest BCUT2D eigenvalue weighted by Crippen LogP contribution is 2.38. The van der Waals surface area contributed by atoms with Crippen LogP contribution in [0.1, 0.15) is 0 Å². The first-order valence-corrected chi connectivity index (χ1v) is 5.24. The van der Waals surface area contributed by atoms with Crippen LogP contribution in [0.2, 0.25) is 0 Å². The molecular formula is C13H6F6O. The van der Waals surface area contributed by atoms with E-state index in [1.54, 1.807) is 0 Å². The van der Waals surface area contributed by atoms with Crippen molar-refractivity contribution < 1.29 is 31.1 Å². The molecule has 0 saturated heterocycles. The minimum absolute atomic E-state index is 0.354. The van der Waals surface area contributed by atoms with Crippen LogP contribution >= 0.6 is 0 Å². The predicted molar refractivity (Wildman–Crippen MR) is 58.2 cm³/mol. The summed E-state index contributed by atoms with van der Waals surface area (Å²) < 4.78 is 84.9. The molecule has 2 aromatic rings. The Bertz CT molecular complexity index is 654. The van der Waals surface area contributed by atoms with E-state index in [4.69, 9.17) is 0 Å². The normalized spacial score (nSPS) is 10.8. The number of rotatable bonds is 2. The van der Waals surface area contributed by atoms with E-state index in [1.807, 2.05) is 0 Å². The molecule has 1 nitrogen and oxygen atoms in total. The van der Waals surface area contributed by atoms with Crippen molar-refractivity contribution in [2.24, 2.45) is 0 Å². The van der Waals surface area contributed by atoms with Gasteiger partial charge in [-0.15, -0.1) is 0 Å². The van der Waals surface area contributed by atoms with Gasteiger partial charge in [-0.2, -0.15) is 0 Å². The molecule has 0 aliphatic heterocycles. The molecule has 0 radical (unpaired) electrons. The molecule has 106 valence electrons. The van der Waals surface area contributed by atoms with E-state index in [2.05, 4.69) is 4.74 Å². The van der Waals surface area contributed by atoms with E-state index < -0.39 is 46.0 Å². The Morgan fingerprint density at radius 2 is 1.20 bits per heavy atom. The summed E-state index contributed by atoms with van der Waals surface area (Å²) >= 11 is 0. The van der Waals surface area contributed by atoms with Crippen molar-refractivity contribution in [3.63, 3.8) is 0 Å². The van der Waals surface area contributed by atoms with Crippen molar-refractivity contribution in [2.45, 2.75) is 0 Å². The molecular weight excluding hydrogens is 286 g/mol. The fourth-order valence-electron chi connectivity index (χ4n) is 1.74. The number of halogens is 6. The average molecular weight is 292 g/mol. The fourth-order valence-corrected chi connectivity index (χ4v) is 1.74. The van der Waals surface area contributed by atoms with Crippen molar-refractivity contribution in [2.75, 3.05) is 7.11 Å². The third-order valence-corrected chi connectivity index (χ3v) is 2.66. The summed E-state index contributed by atoms with van der Waals surface area (Å²) in [6.07, 6.45) is 0. The third-order valence-electron chi connectivity index (χ3n) is 2.66. The molecule has 20 heavy (non-hydrogen) atoms. The van der Waals surface area contributed by atoms with Gasteiger partial charge in [-0.3, -0.25) is 0 Å². The average Bonchev–Trinajstić information content (AvgIpc) is 2.44. The lowest BCUT2D eigenvalue weighted by Gasteiger charge is -2.12. The zero-order valence-corrected chi connectivity index (χ0v) is 9.91. The lowest BCUT2D eigenvalue weighted by Crippen LogP contribution is -2.06. The first-order chi connectivity index (χ1) is 9.40. The van der Waals surface area contributed by atoms with Crippen molar-refractivity contribution >= 4 is 0 Å². The SMILES string of the molecule is COc1cccc(F)c1-c1c(F)c(F)c(F)c(F)c1F. The zero-order valence-electron chi connectivity index (χ0n) is 9.91. The maximum Gasteiger partial charge on any atom is 0.200 e. The van der Waals surface area contributed by atoms with E-state index in [9.17, 15) is 26.3 Å². The summed E-state index contributed by atoms with van der Waals surface area (Å²) in [5.74, 6) is -12.4. The largest absolute Gasteiger partial charge is 0.496 e. The summed E-state index contributed by atoms with van der Waals surface area (Å²) in [4.78, 5) is 0. The van der Waals surface area contributed by atoms with Crippen LogP contribution in [0, 0.1) is 34.9 Å². The van der Waals surface area contributed by atoms with E-state index >= 15 is 0 Å². The number of hydrogen-bond acceptors (Lipinski definition) is 1. The molecule has 0 aliphatic carbocycles.